The minimum Gasteiger partial charge on any atom is -0.206 e. The van der Waals surface area contributed by atoms with Crippen molar-refractivity contribution >= 4 is 45.6 Å². The molecule has 21 heavy (non-hydrogen) atoms. The van der Waals surface area contributed by atoms with Crippen molar-refractivity contribution in [2.75, 3.05) is 0 Å². The van der Waals surface area contributed by atoms with Crippen molar-refractivity contribution in [2.45, 2.75) is 5.38 Å². The molecule has 106 valence electrons. The summed E-state index contributed by atoms with van der Waals surface area (Å²) in [4.78, 5) is 0. The van der Waals surface area contributed by atoms with E-state index in [4.69, 9.17) is 34.8 Å². The van der Waals surface area contributed by atoms with Crippen LogP contribution in [0.1, 0.15) is 16.5 Å². The minimum absolute atomic E-state index is 0.264. The zero-order valence-electron chi connectivity index (χ0n) is 10.8. The summed E-state index contributed by atoms with van der Waals surface area (Å²) in [7, 11) is 0. The molecule has 0 saturated carbocycles. The normalized spacial score (nSPS) is 12.6. The smallest absolute Gasteiger partial charge is 0.131 e. The average Bonchev–Trinajstić information content (AvgIpc) is 2.47. The number of hydrogen-bond acceptors (Lipinski definition) is 0. The van der Waals surface area contributed by atoms with Crippen LogP contribution >= 0.6 is 34.8 Å². The van der Waals surface area contributed by atoms with Crippen molar-refractivity contribution in [1.29, 1.82) is 0 Å². The zero-order valence-corrected chi connectivity index (χ0v) is 13.1. The molecule has 3 aromatic rings. The number of alkyl halides is 1. The van der Waals surface area contributed by atoms with Gasteiger partial charge in [0.15, 0.2) is 0 Å². The largest absolute Gasteiger partial charge is 0.206 e. The first-order valence-electron chi connectivity index (χ1n) is 6.34. The van der Waals surface area contributed by atoms with Gasteiger partial charge < -0.3 is 0 Å². The Labute approximate surface area is 137 Å². The van der Waals surface area contributed by atoms with E-state index in [0.29, 0.717) is 15.4 Å². The highest BCUT2D eigenvalue weighted by molar-refractivity contribution is 6.36. The molecule has 0 bridgehead atoms. The van der Waals surface area contributed by atoms with Crippen LogP contribution in [0, 0.1) is 5.82 Å². The molecule has 0 saturated heterocycles. The fraction of sp³-hybridized carbons (Fsp3) is 0.0588. The summed E-state index contributed by atoms with van der Waals surface area (Å²) in [5, 5.41) is 1.90. The Morgan fingerprint density at radius 3 is 2.19 bits per heavy atom. The third-order valence-corrected chi connectivity index (χ3v) is 4.45. The molecule has 0 aliphatic heterocycles. The van der Waals surface area contributed by atoms with Crippen LogP contribution in [-0.4, -0.2) is 0 Å². The molecule has 0 fully saturated rings. The quantitative estimate of drug-likeness (QED) is 0.461. The summed E-state index contributed by atoms with van der Waals surface area (Å²) >= 11 is 18.7. The van der Waals surface area contributed by atoms with Gasteiger partial charge in [0, 0.05) is 15.4 Å². The van der Waals surface area contributed by atoms with Gasteiger partial charge in [0.2, 0.25) is 0 Å². The molecule has 0 spiro atoms. The van der Waals surface area contributed by atoms with Crippen molar-refractivity contribution in [3.05, 3.63) is 81.6 Å². The topological polar surface area (TPSA) is 0 Å². The fourth-order valence-corrected chi connectivity index (χ4v) is 3.34. The van der Waals surface area contributed by atoms with E-state index in [1.54, 1.807) is 36.4 Å². The lowest BCUT2D eigenvalue weighted by Gasteiger charge is -2.15. The number of benzene rings is 3. The average molecular weight is 340 g/mol. The van der Waals surface area contributed by atoms with Gasteiger partial charge >= 0.3 is 0 Å². The lowest BCUT2D eigenvalue weighted by molar-refractivity contribution is 0.639. The van der Waals surface area contributed by atoms with Crippen LogP contribution in [0.25, 0.3) is 10.8 Å². The molecular weight excluding hydrogens is 330 g/mol. The highest BCUT2D eigenvalue weighted by Crippen LogP contribution is 2.38. The number of halogens is 4. The Bertz CT molecular complexity index is 814. The first-order chi connectivity index (χ1) is 10.1. The van der Waals surface area contributed by atoms with Crippen LogP contribution in [-0.2, 0) is 0 Å². The summed E-state index contributed by atoms with van der Waals surface area (Å²) in [6.45, 7) is 0. The van der Waals surface area contributed by atoms with Gasteiger partial charge in [-0.05, 0) is 34.7 Å². The van der Waals surface area contributed by atoms with Crippen molar-refractivity contribution < 1.29 is 4.39 Å². The maximum absolute atomic E-state index is 13.9. The molecule has 0 aliphatic carbocycles. The third-order valence-electron chi connectivity index (χ3n) is 3.41. The molecule has 0 N–H and O–H groups in total. The van der Waals surface area contributed by atoms with Crippen LogP contribution in [0.15, 0.2) is 54.6 Å². The summed E-state index contributed by atoms with van der Waals surface area (Å²) in [5.74, 6) is -0.264. The van der Waals surface area contributed by atoms with Crippen LogP contribution in [0.5, 0.6) is 0 Å². The Morgan fingerprint density at radius 2 is 1.48 bits per heavy atom. The van der Waals surface area contributed by atoms with Crippen LogP contribution in [0.4, 0.5) is 4.39 Å². The Kier molecular flexibility index (Phi) is 4.08. The second-order valence-corrected chi connectivity index (χ2v) is 5.99. The third kappa shape index (κ3) is 2.74. The molecule has 3 rings (SSSR count). The van der Waals surface area contributed by atoms with Crippen molar-refractivity contribution in [3.63, 3.8) is 0 Å². The fourth-order valence-electron chi connectivity index (χ4n) is 2.38. The number of hydrogen-bond donors (Lipinski definition) is 0. The lowest BCUT2D eigenvalue weighted by Crippen LogP contribution is -1.97. The second kappa shape index (κ2) is 5.84. The Hall–Kier alpha value is -1.28. The van der Waals surface area contributed by atoms with Gasteiger partial charge in [-0.1, -0.05) is 59.6 Å². The molecule has 0 radical (unpaired) electrons. The van der Waals surface area contributed by atoms with E-state index in [1.165, 1.54) is 6.07 Å². The highest BCUT2D eigenvalue weighted by atomic mass is 35.5. The standard InChI is InChI=1S/C17H10Cl3F/c18-10-5-6-14(15(19)9-10)17(20)13-7-8-16(21)12-4-2-1-3-11(12)13/h1-9,17H. The molecular formula is C17H10Cl3F. The summed E-state index contributed by atoms with van der Waals surface area (Å²) in [6.07, 6.45) is 0. The number of rotatable bonds is 2. The maximum atomic E-state index is 13.9. The predicted molar refractivity (Wildman–Crippen MR) is 88.1 cm³/mol. The van der Waals surface area contributed by atoms with Gasteiger partial charge in [-0.25, -0.2) is 4.39 Å². The van der Waals surface area contributed by atoms with Gasteiger partial charge in [-0.2, -0.15) is 0 Å². The molecule has 3 aromatic carbocycles. The molecule has 1 atom stereocenters. The SMILES string of the molecule is Fc1ccc(C(Cl)c2ccc(Cl)cc2Cl)c2ccccc12. The van der Waals surface area contributed by atoms with Crippen molar-refractivity contribution in [2.24, 2.45) is 0 Å². The molecule has 0 amide bonds. The Balaban J connectivity index is 2.18. The molecule has 0 nitrogen and oxygen atoms in total. The van der Waals surface area contributed by atoms with Gasteiger partial charge in [-0.3, -0.25) is 0 Å². The van der Waals surface area contributed by atoms with Gasteiger partial charge in [0.25, 0.3) is 0 Å². The monoisotopic (exact) mass is 338 g/mol. The predicted octanol–water partition coefficient (Wildman–Crippen LogP) is 6.61. The van der Waals surface area contributed by atoms with E-state index < -0.39 is 5.38 Å². The van der Waals surface area contributed by atoms with E-state index >= 15 is 0 Å². The van der Waals surface area contributed by atoms with Gasteiger partial charge in [-0.15, -0.1) is 11.6 Å². The molecule has 0 aliphatic rings. The summed E-state index contributed by atoms with van der Waals surface area (Å²) in [6, 6.07) is 15.6. The van der Waals surface area contributed by atoms with E-state index in [9.17, 15) is 4.39 Å². The zero-order chi connectivity index (χ0) is 15.0. The van der Waals surface area contributed by atoms with E-state index in [-0.39, 0.29) is 5.82 Å². The Morgan fingerprint density at radius 1 is 0.810 bits per heavy atom. The molecule has 0 aromatic heterocycles. The van der Waals surface area contributed by atoms with Crippen molar-refractivity contribution in [3.8, 4) is 0 Å². The second-order valence-electron chi connectivity index (χ2n) is 4.71. The van der Waals surface area contributed by atoms with Crippen LogP contribution < -0.4 is 0 Å². The van der Waals surface area contributed by atoms with E-state index in [2.05, 4.69) is 0 Å². The first kappa shape index (κ1) is 14.6. The minimum atomic E-state index is -0.472. The summed E-state index contributed by atoms with van der Waals surface area (Å²) in [5.41, 5.74) is 1.57. The highest BCUT2D eigenvalue weighted by Gasteiger charge is 2.18. The van der Waals surface area contributed by atoms with Crippen molar-refractivity contribution in [1.82, 2.24) is 0 Å². The molecule has 0 heterocycles. The van der Waals surface area contributed by atoms with E-state index in [1.807, 2.05) is 12.1 Å². The van der Waals surface area contributed by atoms with E-state index in [0.717, 1.165) is 16.5 Å². The van der Waals surface area contributed by atoms with Gasteiger partial charge in [0.1, 0.15) is 5.82 Å². The first-order valence-corrected chi connectivity index (χ1v) is 7.53. The molecule has 4 heteroatoms. The van der Waals surface area contributed by atoms with Gasteiger partial charge in [0.05, 0.1) is 5.38 Å². The van der Waals surface area contributed by atoms with Crippen LogP contribution in [0.3, 0.4) is 0 Å². The number of fused-ring (bicyclic) bond motifs is 1. The lowest BCUT2D eigenvalue weighted by atomic mass is 9.97. The molecule has 1 unspecified atom stereocenters. The summed E-state index contributed by atoms with van der Waals surface area (Å²) < 4.78 is 13.9. The van der Waals surface area contributed by atoms with Crippen LogP contribution in [0.2, 0.25) is 10.0 Å². The maximum Gasteiger partial charge on any atom is 0.131 e.